The Morgan fingerprint density at radius 2 is 2.14 bits per heavy atom. The van der Waals surface area contributed by atoms with E-state index in [1.807, 2.05) is 22.8 Å². The summed E-state index contributed by atoms with van der Waals surface area (Å²) in [6.07, 6.45) is 2.49. The van der Waals surface area contributed by atoms with Crippen LogP contribution in [-0.2, 0) is 29.1 Å². The van der Waals surface area contributed by atoms with Gasteiger partial charge in [-0.05, 0) is 12.0 Å². The van der Waals surface area contributed by atoms with Gasteiger partial charge in [-0.1, -0.05) is 42.1 Å². The van der Waals surface area contributed by atoms with E-state index in [4.69, 9.17) is 0 Å². The SMILES string of the molecule is COC(=O)CSc1ncc(CO)n1CCc1ccccc1. The largest absolute Gasteiger partial charge is 0.468 e. The van der Waals surface area contributed by atoms with E-state index < -0.39 is 0 Å². The molecule has 0 saturated heterocycles. The zero-order valence-corrected chi connectivity index (χ0v) is 12.7. The molecule has 112 valence electrons. The Balaban J connectivity index is 2.05. The molecule has 2 rings (SSSR count). The first-order valence-electron chi connectivity index (χ1n) is 6.63. The molecule has 0 aliphatic rings. The third kappa shape index (κ3) is 4.34. The van der Waals surface area contributed by atoms with Crippen LogP contribution in [0.25, 0.3) is 0 Å². The van der Waals surface area contributed by atoms with Gasteiger partial charge in [-0.25, -0.2) is 4.98 Å². The summed E-state index contributed by atoms with van der Waals surface area (Å²) in [5.41, 5.74) is 1.97. The predicted octanol–water partition coefficient (Wildman–Crippen LogP) is 1.88. The van der Waals surface area contributed by atoms with Gasteiger partial charge in [-0.3, -0.25) is 4.79 Å². The van der Waals surface area contributed by atoms with Crippen molar-refractivity contribution in [3.05, 3.63) is 47.8 Å². The number of rotatable bonds is 7. The summed E-state index contributed by atoms with van der Waals surface area (Å²) in [6.45, 7) is 0.643. The quantitative estimate of drug-likeness (QED) is 0.625. The van der Waals surface area contributed by atoms with Crippen molar-refractivity contribution >= 4 is 17.7 Å². The van der Waals surface area contributed by atoms with Gasteiger partial charge in [0.2, 0.25) is 0 Å². The van der Waals surface area contributed by atoms with Crippen LogP contribution >= 0.6 is 11.8 Å². The van der Waals surface area contributed by atoms with Crippen LogP contribution in [-0.4, -0.2) is 33.5 Å². The van der Waals surface area contributed by atoms with E-state index in [-0.39, 0.29) is 18.3 Å². The fraction of sp³-hybridized carbons (Fsp3) is 0.333. The molecule has 0 spiro atoms. The van der Waals surface area contributed by atoms with Crippen molar-refractivity contribution in [1.82, 2.24) is 9.55 Å². The van der Waals surface area contributed by atoms with Gasteiger partial charge in [-0.2, -0.15) is 0 Å². The van der Waals surface area contributed by atoms with E-state index in [0.29, 0.717) is 6.54 Å². The zero-order chi connectivity index (χ0) is 15.1. The summed E-state index contributed by atoms with van der Waals surface area (Å²) in [5, 5.41) is 10.1. The number of benzene rings is 1. The van der Waals surface area contributed by atoms with Gasteiger partial charge in [0.05, 0.1) is 31.4 Å². The number of hydrogen-bond donors (Lipinski definition) is 1. The lowest BCUT2D eigenvalue weighted by Gasteiger charge is -2.10. The summed E-state index contributed by atoms with van der Waals surface area (Å²) in [6, 6.07) is 10.1. The van der Waals surface area contributed by atoms with Gasteiger partial charge in [0.1, 0.15) is 0 Å². The fourth-order valence-electron chi connectivity index (χ4n) is 1.94. The Bertz CT molecular complexity index is 584. The van der Waals surface area contributed by atoms with Gasteiger partial charge in [0.25, 0.3) is 0 Å². The Morgan fingerprint density at radius 1 is 1.38 bits per heavy atom. The molecule has 0 amide bonds. The molecular formula is C15H18N2O3S. The highest BCUT2D eigenvalue weighted by Crippen LogP contribution is 2.19. The van der Waals surface area contributed by atoms with E-state index in [2.05, 4.69) is 21.9 Å². The van der Waals surface area contributed by atoms with Crippen molar-refractivity contribution in [3.8, 4) is 0 Å². The highest BCUT2D eigenvalue weighted by molar-refractivity contribution is 7.99. The molecule has 21 heavy (non-hydrogen) atoms. The molecule has 6 heteroatoms. The average Bonchev–Trinajstić information content (AvgIpc) is 2.93. The molecule has 1 N–H and O–H groups in total. The Hall–Kier alpha value is -1.79. The molecule has 5 nitrogen and oxygen atoms in total. The minimum absolute atomic E-state index is 0.0689. The monoisotopic (exact) mass is 306 g/mol. The predicted molar refractivity (Wildman–Crippen MR) is 81.0 cm³/mol. The number of aromatic nitrogens is 2. The van der Waals surface area contributed by atoms with Gasteiger partial charge in [0.15, 0.2) is 5.16 Å². The number of carbonyl (C=O) groups is 1. The first kappa shape index (κ1) is 15.6. The van der Waals surface area contributed by atoms with Crippen LogP contribution in [0.5, 0.6) is 0 Å². The number of aliphatic hydroxyl groups excluding tert-OH is 1. The average molecular weight is 306 g/mol. The van der Waals surface area contributed by atoms with Crippen molar-refractivity contribution in [2.45, 2.75) is 24.7 Å². The first-order chi connectivity index (χ1) is 10.2. The van der Waals surface area contributed by atoms with Crippen molar-refractivity contribution in [1.29, 1.82) is 0 Å². The molecule has 0 fully saturated rings. The molecule has 1 heterocycles. The van der Waals surface area contributed by atoms with Crippen molar-refractivity contribution in [2.75, 3.05) is 12.9 Å². The first-order valence-corrected chi connectivity index (χ1v) is 7.62. The second kappa shape index (κ2) is 7.85. The van der Waals surface area contributed by atoms with Gasteiger partial charge >= 0.3 is 5.97 Å². The number of ether oxygens (including phenoxy) is 1. The smallest absolute Gasteiger partial charge is 0.316 e. The highest BCUT2D eigenvalue weighted by Gasteiger charge is 2.12. The molecule has 0 aliphatic carbocycles. The topological polar surface area (TPSA) is 64.3 Å². The van der Waals surface area contributed by atoms with Gasteiger partial charge < -0.3 is 14.4 Å². The summed E-state index contributed by atoms with van der Waals surface area (Å²) < 4.78 is 6.57. The van der Waals surface area contributed by atoms with Crippen molar-refractivity contribution in [3.63, 3.8) is 0 Å². The minimum Gasteiger partial charge on any atom is -0.468 e. The summed E-state index contributed by atoms with van der Waals surface area (Å²) in [7, 11) is 1.37. The lowest BCUT2D eigenvalue weighted by atomic mass is 10.1. The van der Waals surface area contributed by atoms with Crippen LogP contribution in [0, 0.1) is 0 Å². The number of methoxy groups -OCH3 is 1. The number of imidazole rings is 1. The molecule has 0 unspecified atom stereocenters. The number of carbonyl (C=O) groups excluding carboxylic acids is 1. The van der Waals surface area contributed by atoms with Gasteiger partial charge in [-0.15, -0.1) is 0 Å². The third-order valence-corrected chi connectivity index (χ3v) is 4.04. The minimum atomic E-state index is -0.289. The number of thioether (sulfide) groups is 1. The highest BCUT2D eigenvalue weighted by atomic mass is 32.2. The molecule has 0 aliphatic heterocycles. The van der Waals surface area contributed by atoms with Crippen LogP contribution in [0.15, 0.2) is 41.7 Å². The molecule has 2 aromatic rings. The third-order valence-electron chi connectivity index (χ3n) is 3.08. The lowest BCUT2D eigenvalue weighted by molar-refractivity contribution is -0.137. The van der Waals surface area contributed by atoms with Gasteiger partial charge in [0, 0.05) is 6.54 Å². The molecule has 0 atom stereocenters. The van der Waals surface area contributed by atoms with E-state index >= 15 is 0 Å². The Labute approximate surface area is 128 Å². The van der Waals surface area contributed by atoms with E-state index in [1.54, 1.807) is 6.20 Å². The molecule has 1 aromatic carbocycles. The molecule has 0 bridgehead atoms. The number of aliphatic hydroxyl groups is 1. The van der Waals surface area contributed by atoms with Crippen molar-refractivity contribution in [2.24, 2.45) is 0 Å². The van der Waals surface area contributed by atoms with Crippen LogP contribution < -0.4 is 0 Å². The van der Waals surface area contributed by atoms with Crippen LogP contribution in [0.1, 0.15) is 11.3 Å². The number of nitrogens with zero attached hydrogens (tertiary/aromatic N) is 2. The van der Waals surface area contributed by atoms with E-state index in [9.17, 15) is 9.90 Å². The van der Waals surface area contributed by atoms with Crippen molar-refractivity contribution < 1.29 is 14.6 Å². The van der Waals surface area contributed by atoms with E-state index in [1.165, 1.54) is 24.4 Å². The lowest BCUT2D eigenvalue weighted by Crippen LogP contribution is -2.09. The summed E-state index contributed by atoms with van der Waals surface area (Å²) in [4.78, 5) is 15.5. The number of esters is 1. The second-order valence-corrected chi connectivity index (χ2v) is 5.38. The molecular weight excluding hydrogens is 288 g/mol. The zero-order valence-electron chi connectivity index (χ0n) is 11.9. The number of aryl methyl sites for hydroxylation is 1. The molecule has 1 aromatic heterocycles. The molecule has 0 saturated carbocycles. The Morgan fingerprint density at radius 3 is 2.81 bits per heavy atom. The second-order valence-electron chi connectivity index (χ2n) is 4.44. The maximum atomic E-state index is 11.2. The fourth-order valence-corrected chi connectivity index (χ4v) is 2.80. The summed E-state index contributed by atoms with van der Waals surface area (Å²) in [5.74, 6) is -0.0767. The Kier molecular flexibility index (Phi) is 5.83. The maximum absolute atomic E-state index is 11.2. The normalized spacial score (nSPS) is 10.6. The van der Waals surface area contributed by atoms with Crippen LogP contribution in [0.2, 0.25) is 0 Å². The van der Waals surface area contributed by atoms with E-state index in [0.717, 1.165) is 17.3 Å². The van der Waals surface area contributed by atoms with Crippen LogP contribution in [0.4, 0.5) is 0 Å². The standard InChI is InChI=1S/C15H18N2O3S/c1-20-14(19)11-21-15-16-9-13(10-18)17(15)8-7-12-5-3-2-4-6-12/h2-6,9,18H,7-8,10-11H2,1H3. The number of hydrogen-bond acceptors (Lipinski definition) is 5. The summed E-state index contributed by atoms with van der Waals surface area (Å²) >= 11 is 1.32. The molecule has 0 radical (unpaired) electrons. The van der Waals surface area contributed by atoms with Crippen LogP contribution in [0.3, 0.4) is 0 Å². The maximum Gasteiger partial charge on any atom is 0.316 e.